The lowest BCUT2D eigenvalue weighted by Crippen LogP contribution is -2.50. The minimum absolute atomic E-state index is 0.605. The standard InChI is InChI=1S/C14H20BrNS/c1-9-5-8-13(17-9)12-7-6-10-3-2-4-11(15)14(10)16-12/h5,8,10-12,14,16H,2-4,6-7H2,1H3. The maximum absolute atomic E-state index is 3.90. The van der Waals surface area contributed by atoms with Crippen LogP contribution in [0.3, 0.4) is 0 Å². The van der Waals surface area contributed by atoms with Crippen molar-refractivity contribution >= 4 is 27.3 Å². The van der Waals surface area contributed by atoms with Crippen LogP contribution >= 0.6 is 27.3 Å². The van der Waals surface area contributed by atoms with Crippen LogP contribution in [0.5, 0.6) is 0 Å². The molecule has 94 valence electrons. The summed E-state index contributed by atoms with van der Waals surface area (Å²) >= 11 is 5.83. The van der Waals surface area contributed by atoms with E-state index in [1.807, 2.05) is 11.3 Å². The third kappa shape index (κ3) is 2.47. The molecule has 1 nitrogen and oxygen atoms in total. The molecule has 1 aromatic rings. The van der Waals surface area contributed by atoms with E-state index in [-0.39, 0.29) is 0 Å². The number of halogens is 1. The van der Waals surface area contributed by atoms with E-state index in [0.717, 1.165) is 5.92 Å². The van der Waals surface area contributed by atoms with Crippen LogP contribution in [0.4, 0.5) is 0 Å². The zero-order chi connectivity index (χ0) is 11.8. The Morgan fingerprint density at radius 2 is 2.12 bits per heavy atom. The average molecular weight is 314 g/mol. The highest BCUT2D eigenvalue weighted by Crippen LogP contribution is 2.40. The van der Waals surface area contributed by atoms with Gasteiger partial charge in [0.15, 0.2) is 0 Å². The second kappa shape index (κ2) is 5.02. The Hall–Kier alpha value is 0.140. The first-order chi connectivity index (χ1) is 8.24. The van der Waals surface area contributed by atoms with Crippen molar-refractivity contribution in [3.63, 3.8) is 0 Å². The van der Waals surface area contributed by atoms with E-state index in [1.165, 1.54) is 41.9 Å². The summed E-state index contributed by atoms with van der Waals surface area (Å²) in [5, 5.41) is 3.90. The first-order valence-corrected chi connectivity index (χ1v) is 8.44. The molecule has 1 aliphatic heterocycles. The fraction of sp³-hybridized carbons (Fsp3) is 0.714. The van der Waals surface area contributed by atoms with Crippen molar-refractivity contribution in [1.82, 2.24) is 5.32 Å². The Labute approximate surface area is 116 Å². The van der Waals surface area contributed by atoms with E-state index in [2.05, 4.69) is 40.3 Å². The van der Waals surface area contributed by atoms with Crippen LogP contribution in [0.25, 0.3) is 0 Å². The highest BCUT2D eigenvalue weighted by atomic mass is 79.9. The van der Waals surface area contributed by atoms with Gasteiger partial charge in [-0.15, -0.1) is 11.3 Å². The lowest BCUT2D eigenvalue weighted by atomic mass is 9.77. The van der Waals surface area contributed by atoms with Gasteiger partial charge in [-0.3, -0.25) is 0 Å². The highest BCUT2D eigenvalue weighted by molar-refractivity contribution is 9.09. The lowest BCUT2D eigenvalue weighted by molar-refractivity contribution is 0.186. The molecule has 0 radical (unpaired) electrons. The Morgan fingerprint density at radius 3 is 2.88 bits per heavy atom. The molecule has 1 saturated heterocycles. The van der Waals surface area contributed by atoms with E-state index in [9.17, 15) is 0 Å². The first-order valence-electron chi connectivity index (χ1n) is 6.70. The molecule has 1 aromatic heterocycles. The second-order valence-electron chi connectivity index (χ2n) is 5.48. The number of thiophene rings is 1. The molecule has 2 heterocycles. The molecule has 2 fully saturated rings. The third-order valence-corrected chi connectivity index (χ3v) is 6.42. The highest BCUT2D eigenvalue weighted by Gasteiger charge is 2.37. The summed E-state index contributed by atoms with van der Waals surface area (Å²) in [4.78, 5) is 3.65. The zero-order valence-electron chi connectivity index (χ0n) is 10.3. The van der Waals surface area contributed by atoms with Crippen molar-refractivity contribution in [2.45, 2.75) is 55.9 Å². The molecular weight excluding hydrogens is 294 g/mol. The average Bonchev–Trinajstić information content (AvgIpc) is 2.76. The smallest absolute Gasteiger partial charge is 0.0417 e. The van der Waals surface area contributed by atoms with Gasteiger partial charge in [-0.2, -0.15) is 0 Å². The molecular formula is C14H20BrNS. The van der Waals surface area contributed by atoms with Crippen LogP contribution in [0.2, 0.25) is 0 Å². The van der Waals surface area contributed by atoms with Crippen LogP contribution in [-0.4, -0.2) is 10.9 Å². The van der Waals surface area contributed by atoms with E-state index in [4.69, 9.17) is 0 Å². The molecule has 4 unspecified atom stereocenters. The number of alkyl halides is 1. The van der Waals surface area contributed by atoms with Gasteiger partial charge in [0.25, 0.3) is 0 Å². The maximum Gasteiger partial charge on any atom is 0.0417 e. The molecule has 17 heavy (non-hydrogen) atoms. The Kier molecular flexibility index (Phi) is 3.60. The van der Waals surface area contributed by atoms with Gasteiger partial charge < -0.3 is 5.32 Å². The number of hydrogen-bond donors (Lipinski definition) is 1. The van der Waals surface area contributed by atoms with Crippen LogP contribution in [0, 0.1) is 12.8 Å². The summed E-state index contributed by atoms with van der Waals surface area (Å²) in [6, 6.07) is 5.86. The third-order valence-electron chi connectivity index (χ3n) is 4.28. The molecule has 3 rings (SSSR count). The van der Waals surface area contributed by atoms with Crippen molar-refractivity contribution in [3.8, 4) is 0 Å². The Bertz CT molecular complexity index is 389. The number of hydrogen-bond acceptors (Lipinski definition) is 2. The monoisotopic (exact) mass is 313 g/mol. The Balaban J connectivity index is 1.73. The zero-order valence-corrected chi connectivity index (χ0v) is 12.7. The largest absolute Gasteiger partial charge is 0.305 e. The molecule has 0 aromatic carbocycles. The number of fused-ring (bicyclic) bond motifs is 1. The topological polar surface area (TPSA) is 12.0 Å². The van der Waals surface area contributed by atoms with Crippen LogP contribution < -0.4 is 5.32 Å². The molecule has 3 heteroatoms. The molecule has 4 atom stereocenters. The summed E-state index contributed by atoms with van der Waals surface area (Å²) < 4.78 is 0. The molecule has 0 bridgehead atoms. The minimum Gasteiger partial charge on any atom is -0.305 e. The van der Waals surface area contributed by atoms with Gasteiger partial charge in [0.05, 0.1) is 0 Å². The predicted octanol–water partition coefficient (Wildman–Crippen LogP) is 4.41. The molecule has 1 saturated carbocycles. The lowest BCUT2D eigenvalue weighted by Gasteiger charge is -2.43. The quantitative estimate of drug-likeness (QED) is 0.757. The van der Waals surface area contributed by atoms with Gasteiger partial charge in [0, 0.05) is 26.7 Å². The van der Waals surface area contributed by atoms with E-state index in [0.29, 0.717) is 16.9 Å². The van der Waals surface area contributed by atoms with E-state index >= 15 is 0 Å². The van der Waals surface area contributed by atoms with Crippen LogP contribution in [0.1, 0.15) is 47.9 Å². The van der Waals surface area contributed by atoms with Gasteiger partial charge in [-0.25, -0.2) is 0 Å². The predicted molar refractivity (Wildman–Crippen MR) is 78.0 cm³/mol. The van der Waals surface area contributed by atoms with E-state index in [1.54, 1.807) is 0 Å². The van der Waals surface area contributed by atoms with E-state index < -0.39 is 0 Å². The van der Waals surface area contributed by atoms with Gasteiger partial charge >= 0.3 is 0 Å². The summed E-state index contributed by atoms with van der Waals surface area (Å²) in [5.74, 6) is 0.908. The number of nitrogens with one attached hydrogen (secondary N) is 1. The molecule has 2 aliphatic rings. The van der Waals surface area contributed by atoms with Gasteiger partial charge in [0.1, 0.15) is 0 Å². The van der Waals surface area contributed by atoms with Crippen LogP contribution in [-0.2, 0) is 0 Å². The van der Waals surface area contributed by atoms with Gasteiger partial charge in [0.2, 0.25) is 0 Å². The first kappa shape index (κ1) is 12.2. The van der Waals surface area contributed by atoms with Gasteiger partial charge in [-0.05, 0) is 50.7 Å². The van der Waals surface area contributed by atoms with Crippen molar-refractivity contribution in [2.24, 2.45) is 5.92 Å². The summed E-state index contributed by atoms with van der Waals surface area (Å²) in [6.45, 7) is 2.20. The summed E-state index contributed by atoms with van der Waals surface area (Å²) in [7, 11) is 0. The van der Waals surface area contributed by atoms with Crippen LogP contribution in [0.15, 0.2) is 12.1 Å². The number of piperidine rings is 1. The fourth-order valence-corrected chi connectivity index (χ4v) is 5.24. The molecule has 1 aliphatic carbocycles. The maximum atomic E-state index is 3.90. The number of rotatable bonds is 1. The van der Waals surface area contributed by atoms with Crippen molar-refractivity contribution in [2.75, 3.05) is 0 Å². The van der Waals surface area contributed by atoms with Crippen molar-refractivity contribution < 1.29 is 0 Å². The molecule has 0 amide bonds. The minimum atomic E-state index is 0.605. The number of aryl methyl sites for hydroxylation is 1. The van der Waals surface area contributed by atoms with Crippen molar-refractivity contribution in [1.29, 1.82) is 0 Å². The van der Waals surface area contributed by atoms with Crippen molar-refractivity contribution in [3.05, 3.63) is 21.9 Å². The molecule has 1 N–H and O–H groups in total. The fourth-order valence-electron chi connectivity index (χ4n) is 3.36. The SMILES string of the molecule is Cc1ccc(C2CCC3CCCC(Br)C3N2)s1. The summed E-state index contributed by atoms with van der Waals surface area (Å²) in [6.07, 6.45) is 6.89. The molecule has 0 spiro atoms. The summed E-state index contributed by atoms with van der Waals surface area (Å²) in [5.41, 5.74) is 0. The second-order valence-corrected chi connectivity index (χ2v) is 7.97. The normalized spacial score (nSPS) is 37.8. The Morgan fingerprint density at radius 1 is 1.24 bits per heavy atom. The van der Waals surface area contributed by atoms with Gasteiger partial charge in [-0.1, -0.05) is 22.4 Å².